The van der Waals surface area contributed by atoms with Crippen LogP contribution in [0.4, 0.5) is 11.9 Å². The highest BCUT2D eigenvalue weighted by Crippen LogP contribution is 2.28. The molecule has 1 aliphatic rings. The second-order valence-corrected chi connectivity index (χ2v) is 5.42. The molecule has 20 heavy (non-hydrogen) atoms. The number of hydrogen-bond donors (Lipinski definition) is 2. The summed E-state index contributed by atoms with van der Waals surface area (Å²) in [5, 5.41) is 3.36. The van der Waals surface area contributed by atoms with Crippen molar-refractivity contribution in [2.24, 2.45) is 5.92 Å². The summed E-state index contributed by atoms with van der Waals surface area (Å²) in [4.78, 5) is 12.4. The molecule has 0 amide bonds. The molecule has 0 aromatic carbocycles. The molecule has 0 spiro atoms. The average Bonchev–Trinajstić information content (AvgIpc) is 2.45. The molecular formula is C14H25N5O. The normalized spacial score (nSPS) is 22.5. The van der Waals surface area contributed by atoms with E-state index in [1.54, 1.807) is 0 Å². The van der Waals surface area contributed by atoms with Crippen LogP contribution in [0.2, 0.25) is 0 Å². The van der Waals surface area contributed by atoms with Crippen LogP contribution in [0.25, 0.3) is 0 Å². The first-order valence-corrected chi connectivity index (χ1v) is 7.62. The van der Waals surface area contributed by atoms with Gasteiger partial charge >= 0.3 is 6.01 Å². The van der Waals surface area contributed by atoms with Crippen molar-refractivity contribution in [1.29, 1.82) is 0 Å². The molecule has 0 radical (unpaired) electrons. The van der Waals surface area contributed by atoms with Crippen LogP contribution in [-0.2, 0) is 0 Å². The zero-order chi connectivity index (χ0) is 14.4. The quantitative estimate of drug-likeness (QED) is 0.832. The van der Waals surface area contributed by atoms with Crippen LogP contribution in [-0.4, -0.2) is 27.6 Å². The topological polar surface area (TPSA) is 86.0 Å². The Morgan fingerprint density at radius 2 is 1.90 bits per heavy atom. The van der Waals surface area contributed by atoms with Gasteiger partial charge in [0.2, 0.25) is 11.9 Å². The summed E-state index contributed by atoms with van der Waals surface area (Å²) in [6, 6.07) is 0.739. The Labute approximate surface area is 120 Å². The van der Waals surface area contributed by atoms with Gasteiger partial charge in [-0.3, -0.25) is 0 Å². The fourth-order valence-electron chi connectivity index (χ4n) is 2.59. The predicted molar refractivity (Wildman–Crippen MR) is 79.7 cm³/mol. The van der Waals surface area contributed by atoms with Gasteiger partial charge in [-0.2, -0.15) is 15.0 Å². The molecule has 0 unspecified atom stereocenters. The molecule has 1 aromatic heterocycles. The van der Waals surface area contributed by atoms with E-state index in [2.05, 4.69) is 27.2 Å². The summed E-state index contributed by atoms with van der Waals surface area (Å²) in [6.45, 7) is 4.89. The molecule has 0 bridgehead atoms. The summed E-state index contributed by atoms with van der Waals surface area (Å²) in [6.07, 6.45) is 7.06. The standard InChI is InChI=1S/C14H25N5O/c1-3-9-20-14-18-12(15)17-13(19-14)16-11-7-5-10(4-2)6-8-11/h10-11H,3-9H2,1-2H3,(H3,15,16,17,18,19). The molecule has 1 saturated carbocycles. The number of nitrogens with one attached hydrogen (secondary N) is 1. The van der Waals surface area contributed by atoms with Crippen LogP contribution in [0.3, 0.4) is 0 Å². The Kier molecular flexibility index (Phi) is 5.38. The molecule has 0 aliphatic heterocycles. The van der Waals surface area contributed by atoms with E-state index in [0.29, 0.717) is 24.6 Å². The maximum atomic E-state index is 5.70. The van der Waals surface area contributed by atoms with E-state index in [0.717, 1.165) is 25.2 Å². The highest BCUT2D eigenvalue weighted by Gasteiger charge is 2.20. The highest BCUT2D eigenvalue weighted by molar-refractivity contribution is 5.33. The number of nitrogen functional groups attached to an aromatic ring is 1. The zero-order valence-corrected chi connectivity index (χ0v) is 12.4. The van der Waals surface area contributed by atoms with Gasteiger partial charge in [0.1, 0.15) is 0 Å². The van der Waals surface area contributed by atoms with Gasteiger partial charge in [-0.1, -0.05) is 20.3 Å². The summed E-state index contributed by atoms with van der Waals surface area (Å²) in [7, 11) is 0. The van der Waals surface area contributed by atoms with E-state index in [4.69, 9.17) is 10.5 Å². The number of hydrogen-bond acceptors (Lipinski definition) is 6. The van der Waals surface area contributed by atoms with E-state index < -0.39 is 0 Å². The molecule has 1 aliphatic carbocycles. The van der Waals surface area contributed by atoms with Gasteiger partial charge in [0.25, 0.3) is 0 Å². The van der Waals surface area contributed by atoms with Crippen LogP contribution in [0, 0.1) is 5.92 Å². The fraction of sp³-hybridized carbons (Fsp3) is 0.786. The molecule has 112 valence electrons. The van der Waals surface area contributed by atoms with Crippen LogP contribution in [0.15, 0.2) is 0 Å². The van der Waals surface area contributed by atoms with Gasteiger partial charge in [-0.05, 0) is 38.0 Å². The van der Waals surface area contributed by atoms with Gasteiger partial charge in [0.15, 0.2) is 0 Å². The Morgan fingerprint density at radius 3 is 2.55 bits per heavy atom. The second kappa shape index (κ2) is 7.26. The first kappa shape index (κ1) is 14.8. The summed E-state index contributed by atoms with van der Waals surface area (Å²) < 4.78 is 5.42. The van der Waals surface area contributed by atoms with Crippen LogP contribution >= 0.6 is 0 Å². The predicted octanol–water partition coefficient (Wildman–Crippen LogP) is 2.62. The molecule has 1 fully saturated rings. The molecule has 6 heteroatoms. The lowest BCUT2D eigenvalue weighted by molar-refractivity contribution is 0.291. The smallest absolute Gasteiger partial charge is 0.323 e. The summed E-state index contributed by atoms with van der Waals surface area (Å²) in [5.41, 5.74) is 5.70. The summed E-state index contributed by atoms with van der Waals surface area (Å²) in [5.74, 6) is 1.61. The number of ether oxygens (including phenoxy) is 1. The second-order valence-electron chi connectivity index (χ2n) is 5.42. The van der Waals surface area contributed by atoms with Crippen molar-refractivity contribution < 1.29 is 4.74 Å². The molecule has 6 nitrogen and oxygen atoms in total. The maximum Gasteiger partial charge on any atom is 0.323 e. The van der Waals surface area contributed by atoms with Gasteiger partial charge in [0.05, 0.1) is 6.61 Å². The van der Waals surface area contributed by atoms with Crippen molar-refractivity contribution in [3.63, 3.8) is 0 Å². The molecular weight excluding hydrogens is 254 g/mol. The van der Waals surface area contributed by atoms with E-state index >= 15 is 0 Å². The number of anilines is 2. The third-order valence-electron chi connectivity index (χ3n) is 3.82. The maximum absolute atomic E-state index is 5.70. The van der Waals surface area contributed by atoms with Crippen molar-refractivity contribution in [2.75, 3.05) is 17.7 Å². The fourth-order valence-corrected chi connectivity index (χ4v) is 2.59. The lowest BCUT2D eigenvalue weighted by Gasteiger charge is -2.28. The van der Waals surface area contributed by atoms with Gasteiger partial charge < -0.3 is 15.8 Å². The Bertz CT molecular complexity index is 418. The lowest BCUT2D eigenvalue weighted by Crippen LogP contribution is -2.27. The Hall–Kier alpha value is -1.59. The first-order chi connectivity index (χ1) is 9.71. The summed E-state index contributed by atoms with van der Waals surface area (Å²) >= 11 is 0. The molecule has 2 rings (SSSR count). The van der Waals surface area contributed by atoms with Crippen molar-refractivity contribution in [1.82, 2.24) is 15.0 Å². The number of nitrogens with zero attached hydrogens (tertiary/aromatic N) is 3. The highest BCUT2D eigenvalue weighted by atomic mass is 16.5. The Balaban J connectivity index is 1.93. The van der Waals surface area contributed by atoms with Crippen molar-refractivity contribution >= 4 is 11.9 Å². The van der Waals surface area contributed by atoms with E-state index in [-0.39, 0.29) is 5.95 Å². The van der Waals surface area contributed by atoms with Crippen LogP contribution in [0.1, 0.15) is 52.4 Å². The largest absolute Gasteiger partial charge is 0.463 e. The molecule has 1 aromatic rings. The van der Waals surface area contributed by atoms with Crippen molar-refractivity contribution in [3.8, 4) is 6.01 Å². The number of aromatic nitrogens is 3. The van der Waals surface area contributed by atoms with Gasteiger partial charge in [-0.25, -0.2) is 0 Å². The Morgan fingerprint density at radius 1 is 1.15 bits per heavy atom. The minimum Gasteiger partial charge on any atom is -0.463 e. The molecule has 1 heterocycles. The van der Waals surface area contributed by atoms with E-state index in [9.17, 15) is 0 Å². The van der Waals surface area contributed by atoms with Crippen molar-refractivity contribution in [3.05, 3.63) is 0 Å². The van der Waals surface area contributed by atoms with Crippen LogP contribution in [0.5, 0.6) is 6.01 Å². The first-order valence-electron chi connectivity index (χ1n) is 7.62. The number of rotatable bonds is 6. The SMILES string of the molecule is CCCOc1nc(N)nc(NC2CCC(CC)CC2)n1. The third-order valence-corrected chi connectivity index (χ3v) is 3.82. The molecule has 0 saturated heterocycles. The zero-order valence-electron chi connectivity index (χ0n) is 12.4. The lowest BCUT2D eigenvalue weighted by atomic mass is 9.85. The van der Waals surface area contributed by atoms with E-state index in [1.807, 2.05) is 6.92 Å². The van der Waals surface area contributed by atoms with Gasteiger partial charge in [0, 0.05) is 6.04 Å². The molecule has 3 N–H and O–H groups in total. The van der Waals surface area contributed by atoms with Crippen LogP contribution < -0.4 is 15.8 Å². The number of nitrogens with two attached hydrogens (primary N) is 1. The van der Waals surface area contributed by atoms with Gasteiger partial charge in [-0.15, -0.1) is 0 Å². The minimum atomic E-state index is 0.204. The minimum absolute atomic E-state index is 0.204. The monoisotopic (exact) mass is 279 g/mol. The van der Waals surface area contributed by atoms with E-state index in [1.165, 1.54) is 19.3 Å². The third kappa shape index (κ3) is 4.21. The van der Waals surface area contributed by atoms with Crippen molar-refractivity contribution in [2.45, 2.75) is 58.4 Å². The average molecular weight is 279 g/mol. The molecule has 0 atom stereocenters.